The summed E-state index contributed by atoms with van der Waals surface area (Å²) in [5.41, 5.74) is 1.07. The van der Waals surface area contributed by atoms with E-state index in [4.69, 9.17) is 9.40 Å². The van der Waals surface area contributed by atoms with Gasteiger partial charge in [-0.1, -0.05) is 25.1 Å². The van der Waals surface area contributed by atoms with Crippen LogP contribution in [0.4, 0.5) is 0 Å². The lowest BCUT2D eigenvalue weighted by atomic mass is 9.98. The van der Waals surface area contributed by atoms with Crippen LogP contribution in [0.25, 0.3) is 21.0 Å². The fourth-order valence-corrected chi connectivity index (χ4v) is 6.04. The Morgan fingerprint density at radius 2 is 2.15 bits per heavy atom. The van der Waals surface area contributed by atoms with Crippen LogP contribution in [0, 0.1) is 0 Å². The zero-order chi connectivity index (χ0) is 22.6. The van der Waals surface area contributed by atoms with E-state index < -0.39 is 0 Å². The molecule has 33 heavy (non-hydrogen) atoms. The van der Waals surface area contributed by atoms with Crippen molar-refractivity contribution in [3.8, 4) is 10.8 Å². The molecule has 1 fully saturated rings. The third-order valence-corrected chi connectivity index (χ3v) is 7.95. The molecule has 0 saturated carbocycles. The molecule has 1 atom stereocenters. The maximum absolute atomic E-state index is 13.2. The number of nitrogens with zero attached hydrogens (tertiary/aromatic N) is 5. The monoisotopic (exact) mass is 481 g/mol. The van der Waals surface area contributed by atoms with Crippen molar-refractivity contribution in [2.24, 2.45) is 0 Å². The zero-order valence-electron chi connectivity index (χ0n) is 18.6. The van der Waals surface area contributed by atoms with Crippen LogP contribution in [0.3, 0.4) is 0 Å². The molecule has 7 nitrogen and oxygen atoms in total. The van der Waals surface area contributed by atoms with Crippen molar-refractivity contribution in [2.45, 2.75) is 38.6 Å². The van der Waals surface area contributed by atoms with Crippen LogP contribution in [-0.2, 0) is 11.3 Å². The predicted octanol–water partition coefficient (Wildman–Crippen LogP) is 5.03. The molecule has 3 aromatic heterocycles. The number of piperidine rings is 1. The molecule has 1 saturated heterocycles. The molecule has 0 N–H and O–H groups in total. The molecular weight excluding hydrogens is 454 g/mol. The number of thiazole rings is 1. The number of thiophene rings is 1. The summed E-state index contributed by atoms with van der Waals surface area (Å²) in [5, 5.41) is 11.5. The minimum absolute atomic E-state index is 0.109. The maximum Gasteiger partial charge on any atom is 0.257 e. The molecule has 1 amide bonds. The maximum atomic E-state index is 13.2. The summed E-state index contributed by atoms with van der Waals surface area (Å²) in [6, 6.07) is 12.2. The van der Waals surface area contributed by atoms with Crippen LogP contribution in [-0.4, -0.2) is 57.1 Å². The fraction of sp³-hybridized carbons (Fsp3) is 0.417. The highest BCUT2D eigenvalue weighted by Crippen LogP contribution is 2.33. The molecule has 0 aliphatic carbocycles. The Balaban J connectivity index is 1.22. The van der Waals surface area contributed by atoms with Crippen molar-refractivity contribution in [1.29, 1.82) is 0 Å². The summed E-state index contributed by atoms with van der Waals surface area (Å²) >= 11 is 3.34. The predicted molar refractivity (Wildman–Crippen MR) is 131 cm³/mol. The summed E-state index contributed by atoms with van der Waals surface area (Å²) in [5.74, 6) is 1.48. The Morgan fingerprint density at radius 3 is 2.97 bits per heavy atom. The largest absolute Gasteiger partial charge is 0.418 e. The van der Waals surface area contributed by atoms with E-state index in [9.17, 15) is 4.79 Å². The lowest BCUT2D eigenvalue weighted by molar-refractivity contribution is -0.133. The van der Waals surface area contributed by atoms with E-state index in [2.05, 4.69) is 40.2 Å². The van der Waals surface area contributed by atoms with Gasteiger partial charge in [0.15, 0.2) is 0 Å². The first-order valence-corrected chi connectivity index (χ1v) is 13.1. The molecule has 4 aromatic rings. The van der Waals surface area contributed by atoms with Crippen LogP contribution >= 0.6 is 22.7 Å². The van der Waals surface area contributed by atoms with E-state index in [1.54, 1.807) is 22.7 Å². The topological polar surface area (TPSA) is 75.4 Å². The summed E-state index contributed by atoms with van der Waals surface area (Å²) < 4.78 is 7.06. The normalized spacial score (nSPS) is 16.9. The molecule has 1 aliphatic heterocycles. The summed E-state index contributed by atoms with van der Waals surface area (Å²) in [7, 11) is 0. The standard InChI is InChI=1S/C24H27N5O2S2/c1-2-11-29(15-21-26-27-23(31-21)20-10-6-13-32-20)22(30)16-28-12-5-7-17(14-28)24-25-18-8-3-4-9-19(18)33-24/h3-4,6,8-10,13,17H,2,5,7,11-12,14-16H2,1H3/t17-/m1/s1. The highest BCUT2D eigenvalue weighted by Gasteiger charge is 2.27. The number of carbonyl (C=O) groups is 1. The third kappa shape index (κ3) is 5.15. The van der Waals surface area contributed by atoms with E-state index in [1.165, 1.54) is 9.71 Å². The van der Waals surface area contributed by atoms with E-state index in [1.807, 2.05) is 28.5 Å². The quantitative estimate of drug-likeness (QED) is 0.352. The van der Waals surface area contributed by atoms with Gasteiger partial charge in [0.25, 0.3) is 5.89 Å². The number of para-hydroxylation sites is 1. The van der Waals surface area contributed by atoms with Crippen molar-refractivity contribution in [2.75, 3.05) is 26.2 Å². The zero-order valence-corrected chi connectivity index (χ0v) is 20.3. The Kier molecular flexibility index (Phi) is 6.80. The molecular formula is C24H27N5O2S2. The number of rotatable bonds is 8. The fourth-order valence-electron chi connectivity index (χ4n) is 4.30. The second kappa shape index (κ2) is 10.1. The number of carbonyl (C=O) groups excluding carboxylic acids is 1. The van der Waals surface area contributed by atoms with Crippen LogP contribution in [0.1, 0.15) is 43.0 Å². The first-order chi connectivity index (χ1) is 16.2. The lowest BCUT2D eigenvalue weighted by Gasteiger charge is -2.32. The van der Waals surface area contributed by atoms with Gasteiger partial charge in [-0.2, -0.15) is 0 Å². The van der Waals surface area contributed by atoms with Crippen LogP contribution in [0.15, 0.2) is 46.2 Å². The first kappa shape index (κ1) is 22.2. The molecule has 5 rings (SSSR count). The van der Waals surface area contributed by atoms with E-state index in [-0.39, 0.29) is 5.91 Å². The number of benzene rings is 1. The number of hydrogen-bond acceptors (Lipinski definition) is 8. The minimum Gasteiger partial charge on any atom is -0.418 e. The van der Waals surface area contributed by atoms with Crippen LogP contribution in [0.5, 0.6) is 0 Å². The SMILES string of the molecule is CCCN(Cc1nnc(-c2cccs2)o1)C(=O)CN1CCC[C@@H](c2nc3ccccc3s2)C1. The molecule has 1 aromatic carbocycles. The molecule has 0 bridgehead atoms. The number of aromatic nitrogens is 3. The summed E-state index contributed by atoms with van der Waals surface area (Å²) in [6.07, 6.45) is 3.08. The minimum atomic E-state index is 0.109. The number of hydrogen-bond donors (Lipinski definition) is 0. The molecule has 0 unspecified atom stereocenters. The molecule has 172 valence electrons. The van der Waals surface area contributed by atoms with Gasteiger partial charge in [0.05, 0.1) is 33.2 Å². The van der Waals surface area contributed by atoms with Gasteiger partial charge in [0, 0.05) is 19.0 Å². The highest BCUT2D eigenvalue weighted by atomic mass is 32.1. The van der Waals surface area contributed by atoms with E-state index >= 15 is 0 Å². The van der Waals surface area contributed by atoms with Gasteiger partial charge >= 0.3 is 0 Å². The molecule has 0 spiro atoms. The van der Waals surface area contributed by atoms with Gasteiger partial charge < -0.3 is 9.32 Å². The second-order valence-corrected chi connectivity index (χ2v) is 10.4. The average Bonchev–Trinajstić information content (AvgIpc) is 3.59. The van der Waals surface area contributed by atoms with Gasteiger partial charge in [0.2, 0.25) is 11.8 Å². The second-order valence-electron chi connectivity index (χ2n) is 8.39. The third-order valence-electron chi connectivity index (χ3n) is 5.90. The van der Waals surface area contributed by atoms with E-state index in [0.717, 1.165) is 42.7 Å². The van der Waals surface area contributed by atoms with Crippen LogP contribution in [0.2, 0.25) is 0 Å². The Bertz CT molecular complexity index is 1170. The Hall–Kier alpha value is -2.62. The molecule has 0 radical (unpaired) electrons. The van der Waals surface area contributed by atoms with E-state index in [0.29, 0.717) is 37.3 Å². The smallest absolute Gasteiger partial charge is 0.257 e. The lowest BCUT2D eigenvalue weighted by Crippen LogP contribution is -2.43. The average molecular weight is 482 g/mol. The molecule has 4 heterocycles. The molecule has 9 heteroatoms. The highest BCUT2D eigenvalue weighted by molar-refractivity contribution is 7.18. The van der Waals surface area contributed by atoms with Gasteiger partial charge in [-0.05, 0) is 49.4 Å². The summed E-state index contributed by atoms with van der Waals surface area (Å²) in [4.78, 5) is 23.1. The molecule has 1 aliphatic rings. The number of fused-ring (bicyclic) bond motifs is 1. The number of likely N-dealkylation sites (tertiary alicyclic amines) is 1. The van der Waals surface area contributed by atoms with Crippen molar-refractivity contribution in [3.05, 3.63) is 52.7 Å². The van der Waals surface area contributed by atoms with Gasteiger partial charge in [0.1, 0.15) is 0 Å². The van der Waals surface area contributed by atoms with Gasteiger partial charge in [-0.15, -0.1) is 32.9 Å². The summed E-state index contributed by atoms with van der Waals surface area (Å²) in [6.45, 7) is 5.32. The Labute approximate surface area is 201 Å². The first-order valence-electron chi connectivity index (χ1n) is 11.4. The van der Waals surface area contributed by atoms with Crippen molar-refractivity contribution < 1.29 is 9.21 Å². The van der Waals surface area contributed by atoms with Gasteiger partial charge in [-0.25, -0.2) is 4.98 Å². The van der Waals surface area contributed by atoms with Crippen molar-refractivity contribution in [3.63, 3.8) is 0 Å². The van der Waals surface area contributed by atoms with Crippen LogP contribution < -0.4 is 0 Å². The number of amides is 1. The van der Waals surface area contributed by atoms with Crippen molar-refractivity contribution >= 4 is 38.8 Å². The Morgan fingerprint density at radius 1 is 1.24 bits per heavy atom. The van der Waals surface area contributed by atoms with Gasteiger partial charge in [-0.3, -0.25) is 9.69 Å². The van der Waals surface area contributed by atoms with Crippen molar-refractivity contribution in [1.82, 2.24) is 25.0 Å².